The highest BCUT2D eigenvalue weighted by atomic mass is 127. The maximum Gasteiger partial charge on any atom is 0.387 e. The van der Waals surface area contributed by atoms with Gasteiger partial charge in [0.15, 0.2) is 5.96 Å². The average Bonchev–Trinajstić information content (AvgIpc) is 2.60. The van der Waals surface area contributed by atoms with Gasteiger partial charge in [0, 0.05) is 17.3 Å². The van der Waals surface area contributed by atoms with Gasteiger partial charge in [-0.15, -0.1) is 24.0 Å². The van der Waals surface area contributed by atoms with Gasteiger partial charge < -0.3 is 25.3 Å². The predicted octanol–water partition coefficient (Wildman–Crippen LogP) is 4.50. The second kappa shape index (κ2) is 11.0. The number of hydrogen-bond acceptors (Lipinski definition) is 4. The van der Waals surface area contributed by atoms with Gasteiger partial charge in [0.1, 0.15) is 17.2 Å². The molecule has 0 aliphatic rings. The fraction of sp³-hybridized carbons (Fsp3) is 0.235. The topological polar surface area (TPSA) is 78.1 Å². The standard InChI is InChI=1S/C17H18ClF2N3O3.HI/c1-24-12-5-3-10(15(8-12)26-16(19)20)9-22-17(21)23-11-4-6-14(25-2)13(18)7-11;/h3-8,16H,9H2,1-2H3,(H3,21,22,23);1H. The zero-order valence-electron chi connectivity index (χ0n) is 14.5. The van der Waals surface area contributed by atoms with Gasteiger partial charge in [-0.05, 0) is 30.3 Å². The van der Waals surface area contributed by atoms with Gasteiger partial charge in [0.25, 0.3) is 0 Å². The summed E-state index contributed by atoms with van der Waals surface area (Å²) in [5, 5.41) is 3.27. The van der Waals surface area contributed by atoms with E-state index in [4.69, 9.17) is 26.8 Å². The Balaban J connectivity index is 0.00000364. The van der Waals surface area contributed by atoms with Crippen LogP contribution in [-0.4, -0.2) is 26.8 Å². The van der Waals surface area contributed by atoms with E-state index >= 15 is 0 Å². The van der Waals surface area contributed by atoms with Crippen LogP contribution < -0.4 is 25.3 Å². The normalized spacial score (nSPS) is 11.0. The van der Waals surface area contributed by atoms with E-state index in [1.54, 1.807) is 30.3 Å². The molecule has 0 aliphatic carbocycles. The predicted molar refractivity (Wildman–Crippen MR) is 112 cm³/mol. The van der Waals surface area contributed by atoms with Crippen molar-refractivity contribution in [2.24, 2.45) is 10.7 Å². The SMILES string of the molecule is COc1ccc(CN=C(N)Nc2ccc(OC)c(Cl)c2)c(OC(F)F)c1.I. The molecule has 0 spiro atoms. The summed E-state index contributed by atoms with van der Waals surface area (Å²) >= 11 is 6.04. The molecule has 148 valence electrons. The second-order valence-electron chi connectivity index (χ2n) is 5.03. The zero-order chi connectivity index (χ0) is 19.1. The van der Waals surface area contributed by atoms with E-state index in [9.17, 15) is 8.78 Å². The van der Waals surface area contributed by atoms with Gasteiger partial charge in [-0.25, -0.2) is 4.99 Å². The van der Waals surface area contributed by atoms with Crippen molar-refractivity contribution in [1.29, 1.82) is 0 Å². The number of nitrogens with two attached hydrogens (primary N) is 1. The molecule has 0 radical (unpaired) electrons. The van der Waals surface area contributed by atoms with Crippen molar-refractivity contribution in [2.75, 3.05) is 19.5 Å². The minimum atomic E-state index is -2.96. The summed E-state index contributed by atoms with van der Waals surface area (Å²) in [4.78, 5) is 4.13. The van der Waals surface area contributed by atoms with Gasteiger partial charge in [-0.1, -0.05) is 11.6 Å². The Morgan fingerprint density at radius 3 is 2.48 bits per heavy atom. The van der Waals surface area contributed by atoms with Crippen molar-refractivity contribution in [3.05, 3.63) is 47.0 Å². The first kappa shape index (κ1) is 23.0. The van der Waals surface area contributed by atoms with Crippen LogP contribution in [0.1, 0.15) is 5.56 Å². The van der Waals surface area contributed by atoms with Crippen molar-refractivity contribution >= 4 is 47.2 Å². The van der Waals surface area contributed by atoms with Crippen LogP contribution in [-0.2, 0) is 6.54 Å². The molecule has 6 nitrogen and oxygen atoms in total. The number of alkyl halides is 2. The van der Waals surface area contributed by atoms with E-state index in [2.05, 4.69) is 15.0 Å². The smallest absolute Gasteiger partial charge is 0.387 e. The lowest BCUT2D eigenvalue weighted by Crippen LogP contribution is -2.22. The van der Waals surface area contributed by atoms with Crippen LogP contribution in [0.5, 0.6) is 17.2 Å². The molecular weight excluding hydrogens is 495 g/mol. The number of benzene rings is 2. The van der Waals surface area contributed by atoms with Crippen LogP contribution in [0.2, 0.25) is 5.02 Å². The monoisotopic (exact) mass is 513 g/mol. The molecule has 3 N–H and O–H groups in total. The highest BCUT2D eigenvalue weighted by Crippen LogP contribution is 2.28. The molecule has 2 aromatic carbocycles. The first-order valence-electron chi connectivity index (χ1n) is 7.45. The van der Waals surface area contributed by atoms with Crippen molar-refractivity contribution in [3.8, 4) is 17.2 Å². The van der Waals surface area contributed by atoms with Crippen LogP contribution >= 0.6 is 35.6 Å². The lowest BCUT2D eigenvalue weighted by atomic mass is 10.2. The molecule has 0 heterocycles. The number of methoxy groups -OCH3 is 2. The third kappa shape index (κ3) is 6.90. The maximum absolute atomic E-state index is 12.6. The fourth-order valence-electron chi connectivity index (χ4n) is 2.10. The van der Waals surface area contributed by atoms with Gasteiger partial charge in [0.2, 0.25) is 0 Å². The Morgan fingerprint density at radius 1 is 1.15 bits per heavy atom. The summed E-state index contributed by atoms with van der Waals surface area (Å²) in [7, 11) is 2.94. The van der Waals surface area contributed by atoms with E-state index in [1.807, 2.05) is 0 Å². The Hall–Kier alpha value is -2.01. The van der Waals surface area contributed by atoms with Crippen LogP contribution in [0.25, 0.3) is 0 Å². The highest BCUT2D eigenvalue weighted by Gasteiger charge is 2.11. The minimum absolute atomic E-state index is 0. The third-order valence-electron chi connectivity index (χ3n) is 3.33. The zero-order valence-corrected chi connectivity index (χ0v) is 17.6. The Morgan fingerprint density at radius 2 is 1.89 bits per heavy atom. The molecule has 0 amide bonds. The first-order chi connectivity index (χ1) is 12.4. The molecule has 0 bridgehead atoms. The molecule has 10 heteroatoms. The maximum atomic E-state index is 12.6. The third-order valence-corrected chi connectivity index (χ3v) is 3.63. The average molecular weight is 514 g/mol. The number of nitrogens with zero attached hydrogens (tertiary/aromatic N) is 1. The van der Waals surface area contributed by atoms with Crippen molar-refractivity contribution in [2.45, 2.75) is 13.2 Å². The Bertz CT molecular complexity index is 794. The lowest BCUT2D eigenvalue weighted by molar-refractivity contribution is -0.0505. The number of nitrogens with one attached hydrogen (secondary N) is 1. The Kier molecular flexibility index (Phi) is 9.36. The van der Waals surface area contributed by atoms with Gasteiger partial charge in [-0.2, -0.15) is 8.78 Å². The second-order valence-corrected chi connectivity index (χ2v) is 5.44. The van der Waals surface area contributed by atoms with E-state index in [1.165, 1.54) is 20.3 Å². The largest absolute Gasteiger partial charge is 0.497 e. The number of halogens is 4. The molecule has 0 fully saturated rings. The first-order valence-corrected chi connectivity index (χ1v) is 7.83. The summed E-state index contributed by atoms with van der Waals surface area (Å²) in [6, 6.07) is 9.58. The summed E-state index contributed by atoms with van der Waals surface area (Å²) < 4.78 is 39.7. The molecular formula is C17H19ClF2IN3O3. The molecule has 0 unspecified atom stereocenters. The van der Waals surface area contributed by atoms with E-state index in [-0.39, 0.29) is 42.2 Å². The van der Waals surface area contributed by atoms with Crippen LogP contribution in [0.3, 0.4) is 0 Å². The molecule has 27 heavy (non-hydrogen) atoms. The summed E-state index contributed by atoms with van der Waals surface area (Å²) in [6.45, 7) is -2.92. The number of rotatable bonds is 7. The number of ether oxygens (including phenoxy) is 3. The van der Waals surface area contributed by atoms with Crippen molar-refractivity contribution < 1.29 is 23.0 Å². The molecule has 0 aliphatic heterocycles. The number of anilines is 1. The van der Waals surface area contributed by atoms with Crippen molar-refractivity contribution in [1.82, 2.24) is 0 Å². The summed E-state index contributed by atoms with van der Waals surface area (Å²) in [5.74, 6) is 0.987. The molecule has 0 atom stereocenters. The van der Waals surface area contributed by atoms with E-state index < -0.39 is 6.61 Å². The summed E-state index contributed by atoms with van der Waals surface area (Å²) in [5.41, 5.74) is 6.87. The molecule has 0 aromatic heterocycles. The number of hydrogen-bond donors (Lipinski definition) is 2. The van der Waals surface area contributed by atoms with Crippen LogP contribution in [0.15, 0.2) is 41.4 Å². The van der Waals surface area contributed by atoms with Crippen LogP contribution in [0, 0.1) is 0 Å². The fourth-order valence-corrected chi connectivity index (χ4v) is 2.36. The highest BCUT2D eigenvalue weighted by molar-refractivity contribution is 14.0. The lowest BCUT2D eigenvalue weighted by Gasteiger charge is -2.12. The number of aliphatic imine (C=N–C) groups is 1. The van der Waals surface area contributed by atoms with Gasteiger partial charge in [0.05, 0.1) is 25.8 Å². The van der Waals surface area contributed by atoms with E-state index in [0.717, 1.165) is 0 Å². The Labute approximate surface area is 177 Å². The van der Waals surface area contributed by atoms with E-state index in [0.29, 0.717) is 27.8 Å². The van der Waals surface area contributed by atoms with Crippen molar-refractivity contribution in [3.63, 3.8) is 0 Å². The summed E-state index contributed by atoms with van der Waals surface area (Å²) in [6.07, 6.45) is 0. The molecule has 0 saturated carbocycles. The van der Waals surface area contributed by atoms with Gasteiger partial charge in [-0.3, -0.25) is 0 Å². The van der Waals surface area contributed by atoms with Crippen LogP contribution in [0.4, 0.5) is 14.5 Å². The molecule has 0 saturated heterocycles. The quantitative estimate of drug-likeness (QED) is 0.324. The van der Waals surface area contributed by atoms with Gasteiger partial charge >= 0.3 is 6.61 Å². The molecule has 2 aromatic rings. The molecule has 2 rings (SSSR count). The minimum Gasteiger partial charge on any atom is -0.497 e. The number of guanidine groups is 1.